The monoisotopic (exact) mass is 298 g/mol. The second-order valence-corrected chi connectivity index (χ2v) is 4.80. The number of anilines is 1. The van der Waals surface area contributed by atoms with Gasteiger partial charge in [0.15, 0.2) is 0 Å². The summed E-state index contributed by atoms with van der Waals surface area (Å²) in [7, 11) is 0. The van der Waals surface area contributed by atoms with Gasteiger partial charge in [-0.15, -0.1) is 0 Å². The van der Waals surface area contributed by atoms with E-state index in [-0.39, 0.29) is 11.8 Å². The molecule has 0 spiro atoms. The summed E-state index contributed by atoms with van der Waals surface area (Å²) >= 11 is 4.89. The van der Waals surface area contributed by atoms with Crippen molar-refractivity contribution in [3.8, 4) is 11.3 Å². The van der Waals surface area contributed by atoms with Gasteiger partial charge in [-0.3, -0.25) is 0 Å². The largest absolute Gasteiger partial charge is 0.368 e. The number of benzene rings is 1. The number of nitrogens with zero attached hydrogens (tertiary/aromatic N) is 3. The van der Waals surface area contributed by atoms with Crippen LogP contribution in [0.4, 0.5) is 10.3 Å². The molecule has 21 heavy (non-hydrogen) atoms. The van der Waals surface area contributed by atoms with Crippen LogP contribution in [0.25, 0.3) is 22.3 Å². The normalized spacial score (nSPS) is 10.7. The average molecular weight is 298 g/mol. The van der Waals surface area contributed by atoms with E-state index in [4.69, 9.17) is 18.0 Å². The minimum absolute atomic E-state index is 0.200. The molecule has 0 saturated carbocycles. The molecule has 0 unspecified atom stereocenters. The van der Waals surface area contributed by atoms with Gasteiger partial charge in [-0.05, 0) is 41.8 Å². The lowest BCUT2D eigenvalue weighted by Crippen LogP contribution is -2.03. The maximum absolute atomic E-state index is 13.0. The Labute approximate surface area is 125 Å². The molecule has 3 rings (SSSR count). The van der Waals surface area contributed by atoms with Gasteiger partial charge in [-0.25, -0.2) is 19.3 Å². The maximum Gasteiger partial charge on any atom is 0.220 e. The Bertz CT molecular complexity index is 818. The van der Waals surface area contributed by atoms with Gasteiger partial charge in [0, 0.05) is 12.0 Å². The van der Waals surface area contributed by atoms with E-state index < -0.39 is 0 Å². The standard InChI is InChI=1S/C15H11FN4S/c16-10-3-1-9(2-4-10)11-5-6-12-14(18-11)13(7-8-21)20-15(17)19-12/h1-6,8H,7H2,(H2,17,19,20). The fraction of sp³-hybridized carbons (Fsp3) is 0.0667. The van der Waals surface area contributed by atoms with Crippen LogP contribution >= 0.6 is 12.2 Å². The summed E-state index contributed by atoms with van der Waals surface area (Å²) in [5, 5.41) is 1.58. The maximum atomic E-state index is 13.0. The molecule has 0 saturated heterocycles. The molecule has 0 radical (unpaired) electrons. The third kappa shape index (κ3) is 2.71. The number of thiocarbonyl (C=S) groups is 1. The summed E-state index contributed by atoms with van der Waals surface area (Å²) in [5.74, 6) is -0.0808. The zero-order valence-corrected chi connectivity index (χ0v) is 11.8. The lowest BCUT2D eigenvalue weighted by Gasteiger charge is -2.06. The predicted octanol–water partition coefficient (Wildman–Crippen LogP) is 2.96. The quantitative estimate of drug-likeness (QED) is 0.753. The summed E-state index contributed by atoms with van der Waals surface area (Å²) in [6.07, 6.45) is 0.485. The Balaban J connectivity index is 2.18. The third-order valence-corrected chi connectivity index (χ3v) is 3.22. The molecule has 0 bridgehead atoms. The molecule has 1 aromatic carbocycles. The lowest BCUT2D eigenvalue weighted by molar-refractivity contribution is 0.628. The highest BCUT2D eigenvalue weighted by Gasteiger charge is 2.09. The van der Waals surface area contributed by atoms with Crippen molar-refractivity contribution in [1.82, 2.24) is 15.0 Å². The first-order valence-corrected chi connectivity index (χ1v) is 6.77. The summed E-state index contributed by atoms with van der Waals surface area (Å²) in [6.45, 7) is 0. The number of nitrogens with two attached hydrogens (primary N) is 1. The second-order valence-electron chi connectivity index (χ2n) is 4.47. The van der Waals surface area contributed by atoms with E-state index in [0.29, 0.717) is 23.1 Å². The lowest BCUT2D eigenvalue weighted by atomic mass is 10.1. The van der Waals surface area contributed by atoms with Crippen molar-refractivity contribution in [3.63, 3.8) is 0 Å². The highest BCUT2D eigenvalue weighted by molar-refractivity contribution is 7.79. The van der Waals surface area contributed by atoms with Crippen molar-refractivity contribution in [1.29, 1.82) is 0 Å². The second kappa shape index (κ2) is 5.49. The zero-order chi connectivity index (χ0) is 14.8. The van der Waals surface area contributed by atoms with E-state index in [1.165, 1.54) is 12.1 Å². The van der Waals surface area contributed by atoms with Gasteiger partial charge in [0.2, 0.25) is 5.95 Å². The molecule has 2 N–H and O–H groups in total. The van der Waals surface area contributed by atoms with Gasteiger partial charge in [-0.1, -0.05) is 12.2 Å². The molecule has 0 aliphatic heterocycles. The fourth-order valence-electron chi connectivity index (χ4n) is 2.10. The molecule has 0 aliphatic rings. The van der Waals surface area contributed by atoms with E-state index in [2.05, 4.69) is 15.0 Å². The van der Waals surface area contributed by atoms with Crippen LogP contribution < -0.4 is 5.73 Å². The first-order valence-electron chi connectivity index (χ1n) is 6.30. The summed E-state index contributed by atoms with van der Waals surface area (Å²) in [6, 6.07) is 9.81. The fourth-order valence-corrected chi connectivity index (χ4v) is 2.25. The van der Waals surface area contributed by atoms with Crippen molar-refractivity contribution in [2.75, 3.05) is 5.73 Å². The van der Waals surface area contributed by atoms with Crippen LogP contribution in [0.15, 0.2) is 36.4 Å². The SMILES string of the molecule is Nc1nc(CC=S)c2nc(-c3ccc(F)cc3)ccc2n1. The molecule has 0 atom stereocenters. The summed E-state index contributed by atoms with van der Waals surface area (Å²) in [4.78, 5) is 12.9. The minimum atomic E-state index is -0.281. The van der Waals surface area contributed by atoms with Gasteiger partial charge in [0.25, 0.3) is 0 Å². The van der Waals surface area contributed by atoms with Crippen LogP contribution in [0, 0.1) is 5.82 Å². The average Bonchev–Trinajstić information content (AvgIpc) is 2.48. The molecule has 0 amide bonds. The van der Waals surface area contributed by atoms with Gasteiger partial charge in [0.1, 0.15) is 11.3 Å². The molecule has 4 nitrogen and oxygen atoms in total. The number of aromatic nitrogens is 3. The highest BCUT2D eigenvalue weighted by Crippen LogP contribution is 2.22. The van der Waals surface area contributed by atoms with E-state index in [1.807, 2.05) is 12.1 Å². The zero-order valence-electron chi connectivity index (χ0n) is 11.0. The number of halogens is 1. The third-order valence-electron chi connectivity index (χ3n) is 3.05. The number of nitrogen functional groups attached to an aromatic ring is 1. The Morgan fingerprint density at radius 2 is 1.81 bits per heavy atom. The van der Waals surface area contributed by atoms with Gasteiger partial charge < -0.3 is 5.73 Å². The Kier molecular flexibility index (Phi) is 3.53. The molecule has 0 aliphatic carbocycles. The van der Waals surface area contributed by atoms with Crippen LogP contribution in [0.5, 0.6) is 0 Å². The minimum Gasteiger partial charge on any atom is -0.368 e. The van der Waals surface area contributed by atoms with E-state index >= 15 is 0 Å². The van der Waals surface area contributed by atoms with Crippen LogP contribution in [-0.4, -0.2) is 20.3 Å². The summed E-state index contributed by atoms with van der Waals surface area (Å²) < 4.78 is 13.0. The van der Waals surface area contributed by atoms with Crippen LogP contribution in [-0.2, 0) is 6.42 Å². The number of fused-ring (bicyclic) bond motifs is 1. The smallest absolute Gasteiger partial charge is 0.220 e. The number of hydrogen-bond acceptors (Lipinski definition) is 5. The van der Waals surface area contributed by atoms with Crippen molar-refractivity contribution in [2.24, 2.45) is 0 Å². The van der Waals surface area contributed by atoms with E-state index in [1.54, 1.807) is 17.5 Å². The molecule has 0 fully saturated rings. The molecule has 6 heteroatoms. The van der Waals surface area contributed by atoms with Crippen LogP contribution in [0.3, 0.4) is 0 Å². The number of pyridine rings is 1. The highest BCUT2D eigenvalue weighted by atomic mass is 32.1. The molecular formula is C15H11FN4S. The number of rotatable bonds is 3. The van der Waals surface area contributed by atoms with Gasteiger partial charge in [0.05, 0.1) is 16.9 Å². The van der Waals surface area contributed by atoms with Crippen molar-refractivity contribution in [3.05, 3.63) is 47.9 Å². The molecule has 2 heterocycles. The first kappa shape index (κ1) is 13.5. The van der Waals surface area contributed by atoms with Crippen molar-refractivity contribution >= 4 is 34.6 Å². The van der Waals surface area contributed by atoms with Crippen LogP contribution in [0.2, 0.25) is 0 Å². The van der Waals surface area contributed by atoms with E-state index in [9.17, 15) is 4.39 Å². The summed E-state index contributed by atoms with van der Waals surface area (Å²) in [5.41, 5.74) is 9.24. The molecule has 2 aromatic heterocycles. The predicted molar refractivity (Wildman–Crippen MR) is 84.5 cm³/mol. The Morgan fingerprint density at radius 1 is 1.05 bits per heavy atom. The van der Waals surface area contributed by atoms with Crippen molar-refractivity contribution < 1.29 is 4.39 Å². The first-order chi connectivity index (χ1) is 10.2. The van der Waals surface area contributed by atoms with Crippen molar-refractivity contribution in [2.45, 2.75) is 6.42 Å². The Morgan fingerprint density at radius 3 is 2.52 bits per heavy atom. The molecule has 104 valence electrons. The van der Waals surface area contributed by atoms with Gasteiger partial charge >= 0.3 is 0 Å². The number of hydrogen-bond donors (Lipinski definition) is 1. The molecular weight excluding hydrogens is 287 g/mol. The Hall–Kier alpha value is -2.47. The van der Waals surface area contributed by atoms with Gasteiger partial charge in [-0.2, -0.15) is 0 Å². The molecule has 3 aromatic rings. The van der Waals surface area contributed by atoms with E-state index in [0.717, 1.165) is 11.3 Å². The van der Waals surface area contributed by atoms with Crippen LogP contribution in [0.1, 0.15) is 5.69 Å². The topological polar surface area (TPSA) is 64.7 Å².